The summed E-state index contributed by atoms with van der Waals surface area (Å²) in [6.45, 7) is 2.04. The summed E-state index contributed by atoms with van der Waals surface area (Å²) < 4.78 is 0. The number of nitrogen functional groups attached to an aromatic ring is 1. The zero-order chi connectivity index (χ0) is 12.4. The highest BCUT2D eigenvalue weighted by molar-refractivity contribution is 6.42. The summed E-state index contributed by atoms with van der Waals surface area (Å²) in [4.78, 5) is 0. The second-order valence-electron chi connectivity index (χ2n) is 3.84. The quantitative estimate of drug-likeness (QED) is 0.778. The molecule has 2 rings (SSSR count). The van der Waals surface area contributed by atoms with Gasteiger partial charge in [-0.15, -0.1) is 0 Å². The predicted octanol–water partition coefficient (Wildman–Crippen LogP) is 4.63. The van der Waals surface area contributed by atoms with Gasteiger partial charge in [0.05, 0.1) is 21.4 Å². The summed E-state index contributed by atoms with van der Waals surface area (Å²) in [5, 5.41) is 4.14. The third-order valence-corrected chi connectivity index (χ3v) is 3.15. The van der Waals surface area contributed by atoms with E-state index in [0.717, 1.165) is 11.4 Å². The molecule has 4 heteroatoms. The largest absolute Gasteiger partial charge is 0.397 e. The molecule has 88 valence electrons. The van der Waals surface area contributed by atoms with Crippen molar-refractivity contribution in [1.82, 2.24) is 0 Å². The van der Waals surface area contributed by atoms with Crippen LogP contribution < -0.4 is 11.1 Å². The molecule has 2 nitrogen and oxygen atoms in total. The molecule has 0 aromatic heterocycles. The molecule has 0 saturated heterocycles. The van der Waals surface area contributed by atoms with Gasteiger partial charge in [0.2, 0.25) is 0 Å². The summed E-state index contributed by atoms with van der Waals surface area (Å²) in [6, 6.07) is 11.4. The minimum absolute atomic E-state index is 0.457. The van der Waals surface area contributed by atoms with Crippen LogP contribution in [0.1, 0.15) is 5.56 Å². The van der Waals surface area contributed by atoms with Gasteiger partial charge in [0.15, 0.2) is 0 Å². The first-order valence-electron chi connectivity index (χ1n) is 5.14. The van der Waals surface area contributed by atoms with E-state index in [4.69, 9.17) is 28.9 Å². The minimum Gasteiger partial charge on any atom is -0.397 e. The monoisotopic (exact) mass is 266 g/mol. The third-order valence-electron chi connectivity index (χ3n) is 2.42. The molecule has 2 aromatic rings. The number of anilines is 3. The van der Waals surface area contributed by atoms with Crippen molar-refractivity contribution < 1.29 is 0 Å². The molecule has 0 spiro atoms. The maximum absolute atomic E-state index is 5.95. The van der Waals surface area contributed by atoms with Gasteiger partial charge in [-0.3, -0.25) is 0 Å². The summed E-state index contributed by atoms with van der Waals surface area (Å²) in [5.41, 5.74) is 9.35. The molecule has 0 aliphatic carbocycles. The van der Waals surface area contributed by atoms with Crippen molar-refractivity contribution in [2.24, 2.45) is 0 Å². The zero-order valence-electron chi connectivity index (χ0n) is 9.30. The smallest absolute Gasteiger partial charge is 0.0633 e. The molecular formula is C13H12Cl2N2. The van der Waals surface area contributed by atoms with E-state index in [1.807, 2.05) is 31.2 Å². The van der Waals surface area contributed by atoms with E-state index in [2.05, 4.69) is 5.32 Å². The highest BCUT2D eigenvalue weighted by atomic mass is 35.5. The number of hydrogen-bond acceptors (Lipinski definition) is 2. The Morgan fingerprint density at radius 2 is 1.59 bits per heavy atom. The molecule has 17 heavy (non-hydrogen) atoms. The fourth-order valence-corrected chi connectivity index (χ4v) is 1.80. The van der Waals surface area contributed by atoms with Crippen LogP contribution in [0, 0.1) is 6.92 Å². The van der Waals surface area contributed by atoms with E-state index >= 15 is 0 Å². The fraction of sp³-hybridized carbons (Fsp3) is 0.0769. The zero-order valence-corrected chi connectivity index (χ0v) is 10.8. The van der Waals surface area contributed by atoms with E-state index in [1.54, 1.807) is 12.1 Å². The number of benzene rings is 2. The van der Waals surface area contributed by atoms with E-state index in [1.165, 1.54) is 5.56 Å². The second kappa shape index (κ2) is 4.86. The standard InChI is InChI=1S/C13H12Cl2N2/c1-8-2-4-9(5-3-8)17-13-7-11(15)10(14)6-12(13)16/h2-7,17H,16H2,1H3. The van der Waals surface area contributed by atoms with Crippen molar-refractivity contribution in [3.05, 3.63) is 52.0 Å². The Kier molecular flexibility index (Phi) is 3.46. The lowest BCUT2D eigenvalue weighted by Crippen LogP contribution is -1.96. The molecule has 0 radical (unpaired) electrons. The molecule has 0 aliphatic heterocycles. The van der Waals surface area contributed by atoms with Crippen molar-refractivity contribution in [2.75, 3.05) is 11.1 Å². The van der Waals surface area contributed by atoms with Crippen LogP contribution in [0.5, 0.6) is 0 Å². The van der Waals surface area contributed by atoms with Gasteiger partial charge in [-0.1, -0.05) is 40.9 Å². The van der Waals surface area contributed by atoms with Crippen molar-refractivity contribution in [3.63, 3.8) is 0 Å². The van der Waals surface area contributed by atoms with E-state index in [0.29, 0.717) is 15.7 Å². The lowest BCUT2D eigenvalue weighted by atomic mass is 10.2. The van der Waals surface area contributed by atoms with Gasteiger partial charge in [-0.2, -0.15) is 0 Å². The average Bonchev–Trinajstić information content (AvgIpc) is 2.29. The summed E-state index contributed by atoms with van der Waals surface area (Å²) in [5.74, 6) is 0. The maximum atomic E-state index is 5.95. The van der Waals surface area contributed by atoms with Crippen LogP contribution in [0.3, 0.4) is 0 Å². The molecular weight excluding hydrogens is 255 g/mol. The Hall–Kier alpha value is -1.38. The van der Waals surface area contributed by atoms with Crippen molar-refractivity contribution in [2.45, 2.75) is 6.92 Å². The predicted molar refractivity (Wildman–Crippen MR) is 75.3 cm³/mol. The number of nitrogens with two attached hydrogens (primary N) is 1. The third kappa shape index (κ3) is 2.84. The number of aryl methyl sites for hydroxylation is 1. The number of rotatable bonds is 2. The Morgan fingerprint density at radius 3 is 2.24 bits per heavy atom. The van der Waals surface area contributed by atoms with Gasteiger partial charge in [-0.05, 0) is 31.2 Å². The van der Waals surface area contributed by atoms with E-state index in [9.17, 15) is 0 Å². The van der Waals surface area contributed by atoms with E-state index in [-0.39, 0.29) is 0 Å². The van der Waals surface area contributed by atoms with Crippen LogP contribution in [-0.4, -0.2) is 0 Å². The molecule has 0 unspecified atom stereocenters. The molecule has 2 aromatic carbocycles. The molecule has 0 fully saturated rings. The van der Waals surface area contributed by atoms with Crippen LogP contribution in [0.4, 0.5) is 17.1 Å². The fourth-order valence-electron chi connectivity index (χ4n) is 1.46. The molecule has 0 amide bonds. The van der Waals surface area contributed by atoms with Gasteiger partial charge in [0.1, 0.15) is 0 Å². The molecule has 0 bridgehead atoms. The van der Waals surface area contributed by atoms with Crippen LogP contribution >= 0.6 is 23.2 Å². The number of hydrogen-bond donors (Lipinski definition) is 2. The molecule has 0 aliphatic rings. The molecule has 0 atom stereocenters. The lowest BCUT2D eigenvalue weighted by molar-refractivity contribution is 1.45. The second-order valence-corrected chi connectivity index (χ2v) is 4.66. The van der Waals surface area contributed by atoms with Crippen molar-refractivity contribution in [3.8, 4) is 0 Å². The Balaban J connectivity index is 2.30. The highest BCUT2D eigenvalue weighted by Gasteiger charge is 2.05. The van der Waals surface area contributed by atoms with Gasteiger partial charge in [0.25, 0.3) is 0 Å². The van der Waals surface area contributed by atoms with Crippen LogP contribution in [-0.2, 0) is 0 Å². The average molecular weight is 267 g/mol. The topological polar surface area (TPSA) is 38.0 Å². The number of nitrogens with one attached hydrogen (secondary N) is 1. The van der Waals surface area contributed by atoms with Gasteiger partial charge >= 0.3 is 0 Å². The minimum atomic E-state index is 0.457. The van der Waals surface area contributed by atoms with E-state index < -0.39 is 0 Å². The van der Waals surface area contributed by atoms with Crippen LogP contribution in [0.2, 0.25) is 10.0 Å². The van der Waals surface area contributed by atoms with Crippen molar-refractivity contribution >= 4 is 40.3 Å². The molecule has 0 heterocycles. The Morgan fingerprint density at radius 1 is 1.00 bits per heavy atom. The first-order chi connectivity index (χ1) is 8.06. The summed E-state index contributed by atoms with van der Waals surface area (Å²) in [7, 11) is 0. The van der Waals surface area contributed by atoms with Gasteiger partial charge < -0.3 is 11.1 Å². The Labute approximate surface area is 110 Å². The summed E-state index contributed by atoms with van der Waals surface area (Å²) in [6.07, 6.45) is 0. The Bertz CT molecular complexity index is 536. The summed E-state index contributed by atoms with van der Waals surface area (Å²) >= 11 is 11.8. The molecule has 3 N–H and O–H groups in total. The lowest BCUT2D eigenvalue weighted by Gasteiger charge is -2.10. The van der Waals surface area contributed by atoms with Gasteiger partial charge in [-0.25, -0.2) is 0 Å². The number of halogens is 2. The van der Waals surface area contributed by atoms with Crippen LogP contribution in [0.25, 0.3) is 0 Å². The normalized spacial score (nSPS) is 10.3. The maximum Gasteiger partial charge on any atom is 0.0633 e. The first-order valence-corrected chi connectivity index (χ1v) is 5.90. The SMILES string of the molecule is Cc1ccc(Nc2cc(Cl)c(Cl)cc2N)cc1. The first kappa shape index (κ1) is 12.1. The van der Waals surface area contributed by atoms with Gasteiger partial charge in [0, 0.05) is 5.69 Å². The van der Waals surface area contributed by atoms with Crippen molar-refractivity contribution in [1.29, 1.82) is 0 Å². The molecule has 0 saturated carbocycles. The van der Waals surface area contributed by atoms with Crippen LogP contribution in [0.15, 0.2) is 36.4 Å². The highest BCUT2D eigenvalue weighted by Crippen LogP contribution is 2.32.